The first kappa shape index (κ1) is 15.8. The minimum Gasteiger partial charge on any atom is -0.352 e. The van der Waals surface area contributed by atoms with Gasteiger partial charge in [0.2, 0.25) is 0 Å². The lowest BCUT2D eigenvalue weighted by Crippen LogP contribution is -2.28. The van der Waals surface area contributed by atoms with Crippen LogP contribution in [0.4, 0.5) is 13.2 Å². The standard InChI is InChI=1S/C12H14ClF3N2O/c1-2-3-9-6-8(7-10(13)18-9)11(19)17-5-4-12(14,15)16/h6-7H,2-5H2,1H3,(H,17,19). The van der Waals surface area contributed by atoms with E-state index in [1.807, 2.05) is 6.92 Å². The molecule has 19 heavy (non-hydrogen) atoms. The molecule has 1 rings (SSSR count). The van der Waals surface area contributed by atoms with Crippen LogP contribution in [0.15, 0.2) is 12.1 Å². The maximum absolute atomic E-state index is 12.0. The molecule has 1 aromatic heterocycles. The largest absolute Gasteiger partial charge is 0.390 e. The van der Waals surface area contributed by atoms with Crippen molar-refractivity contribution in [2.24, 2.45) is 0 Å². The second-order valence-electron chi connectivity index (χ2n) is 4.04. The van der Waals surface area contributed by atoms with Crippen LogP contribution in [-0.2, 0) is 6.42 Å². The van der Waals surface area contributed by atoms with Gasteiger partial charge in [0, 0.05) is 17.8 Å². The maximum Gasteiger partial charge on any atom is 0.390 e. The van der Waals surface area contributed by atoms with E-state index in [0.29, 0.717) is 12.1 Å². The molecular formula is C12H14ClF3N2O. The van der Waals surface area contributed by atoms with E-state index in [9.17, 15) is 18.0 Å². The SMILES string of the molecule is CCCc1cc(C(=O)NCCC(F)(F)F)cc(Cl)n1. The highest BCUT2D eigenvalue weighted by molar-refractivity contribution is 6.29. The van der Waals surface area contributed by atoms with Gasteiger partial charge in [-0.2, -0.15) is 13.2 Å². The van der Waals surface area contributed by atoms with E-state index in [-0.39, 0.29) is 10.7 Å². The van der Waals surface area contributed by atoms with Gasteiger partial charge in [-0.15, -0.1) is 0 Å². The van der Waals surface area contributed by atoms with Crippen LogP contribution >= 0.6 is 11.6 Å². The number of nitrogens with zero attached hydrogens (tertiary/aromatic N) is 1. The van der Waals surface area contributed by atoms with Crippen LogP contribution in [0.3, 0.4) is 0 Å². The van der Waals surface area contributed by atoms with Crippen LogP contribution in [-0.4, -0.2) is 23.6 Å². The summed E-state index contributed by atoms with van der Waals surface area (Å²) in [6, 6.07) is 2.88. The second-order valence-corrected chi connectivity index (χ2v) is 4.43. The summed E-state index contributed by atoms with van der Waals surface area (Å²) in [5.41, 5.74) is 0.876. The van der Waals surface area contributed by atoms with Crippen LogP contribution < -0.4 is 5.32 Å². The van der Waals surface area contributed by atoms with Gasteiger partial charge in [-0.05, 0) is 18.6 Å². The maximum atomic E-state index is 12.0. The summed E-state index contributed by atoms with van der Waals surface area (Å²) in [5.74, 6) is -0.578. The van der Waals surface area contributed by atoms with Gasteiger partial charge in [0.15, 0.2) is 0 Å². The molecule has 7 heteroatoms. The fraction of sp³-hybridized carbons (Fsp3) is 0.500. The first-order chi connectivity index (χ1) is 8.81. The number of rotatable bonds is 5. The van der Waals surface area contributed by atoms with Crippen LogP contribution in [0, 0.1) is 0 Å². The van der Waals surface area contributed by atoms with E-state index in [1.165, 1.54) is 12.1 Å². The van der Waals surface area contributed by atoms with Crippen molar-refractivity contribution in [3.63, 3.8) is 0 Å². The van der Waals surface area contributed by atoms with E-state index in [1.54, 1.807) is 0 Å². The third-order valence-electron chi connectivity index (χ3n) is 2.31. The summed E-state index contributed by atoms with van der Waals surface area (Å²) in [4.78, 5) is 15.7. The number of aromatic nitrogens is 1. The lowest BCUT2D eigenvalue weighted by atomic mass is 10.1. The van der Waals surface area contributed by atoms with Crippen molar-refractivity contribution in [2.45, 2.75) is 32.4 Å². The number of halogens is 4. The Morgan fingerprint density at radius 2 is 2.11 bits per heavy atom. The number of hydrogen-bond acceptors (Lipinski definition) is 2. The van der Waals surface area contributed by atoms with Gasteiger partial charge in [0.25, 0.3) is 5.91 Å². The molecule has 0 spiro atoms. The fourth-order valence-electron chi connectivity index (χ4n) is 1.49. The lowest BCUT2D eigenvalue weighted by molar-refractivity contribution is -0.132. The number of aryl methyl sites for hydroxylation is 1. The molecule has 1 N–H and O–H groups in total. The Labute approximate surface area is 114 Å². The Bertz CT molecular complexity index is 449. The van der Waals surface area contributed by atoms with Gasteiger partial charge < -0.3 is 5.32 Å². The third kappa shape index (κ3) is 5.92. The first-order valence-electron chi connectivity index (χ1n) is 5.83. The summed E-state index contributed by atoms with van der Waals surface area (Å²) in [7, 11) is 0. The van der Waals surface area contributed by atoms with E-state index >= 15 is 0 Å². The smallest absolute Gasteiger partial charge is 0.352 e. The Kier molecular flexibility index (Phi) is 5.60. The van der Waals surface area contributed by atoms with Crippen LogP contribution in [0.1, 0.15) is 35.8 Å². The number of hydrogen-bond donors (Lipinski definition) is 1. The van der Waals surface area contributed by atoms with Crippen LogP contribution in [0.2, 0.25) is 5.15 Å². The molecule has 1 heterocycles. The Morgan fingerprint density at radius 1 is 1.42 bits per heavy atom. The molecule has 106 valence electrons. The number of pyridine rings is 1. The summed E-state index contributed by atoms with van der Waals surface area (Å²) in [5, 5.41) is 2.37. The molecule has 0 aliphatic rings. The zero-order chi connectivity index (χ0) is 14.5. The minimum atomic E-state index is -4.28. The number of nitrogens with one attached hydrogen (secondary N) is 1. The highest BCUT2D eigenvalue weighted by Gasteiger charge is 2.26. The Morgan fingerprint density at radius 3 is 2.68 bits per heavy atom. The zero-order valence-electron chi connectivity index (χ0n) is 10.4. The fourth-order valence-corrected chi connectivity index (χ4v) is 1.71. The van der Waals surface area contributed by atoms with Crippen molar-refractivity contribution in [2.75, 3.05) is 6.54 Å². The van der Waals surface area contributed by atoms with Gasteiger partial charge in [-0.25, -0.2) is 4.98 Å². The molecule has 0 radical (unpaired) electrons. The molecule has 0 aromatic carbocycles. The third-order valence-corrected chi connectivity index (χ3v) is 2.50. The van der Waals surface area contributed by atoms with E-state index in [4.69, 9.17) is 11.6 Å². The number of carbonyl (C=O) groups excluding carboxylic acids is 1. The molecule has 1 aromatic rings. The van der Waals surface area contributed by atoms with Crippen molar-refractivity contribution in [3.8, 4) is 0 Å². The zero-order valence-corrected chi connectivity index (χ0v) is 11.1. The summed E-state index contributed by atoms with van der Waals surface area (Å²) in [6.45, 7) is 1.50. The molecule has 0 fully saturated rings. The normalized spacial score (nSPS) is 11.4. The van der Waals surface area contributed by atoms with Crippen LogP contribution in [0.5, 0.6) is 0 Å². The predicted octanol–water partition coefficient (Wildman–Crippen LogP) is 3.37. The topological polar surface area (TPSA) is 42.0 Å². The second kappa shape index (κ2) is 6.75. The average Bonchev–Trinajstić information content (AvgIpc) is 2.26. The first-order valence-corrected chi connectivity index (χ1v) is 6.21. The molecule has 3 nitrogen and oxygen atoms in total. The molecule has 0 atom stereocenters. The van der Waals surface area contributed by atoms with Crippen molar-refractivity contribution in [1.29, 1.82) is 0 Å². The van der Waals surface area contributed by atoms with Crippen molar-refractivity contribution < 1.29 is 18.0 Å². The molecule has 0 aliphatic carbocycles. The molecule has 0 unspecified atom stereocenters. The molecule has 1 amide bonds. The Balaban J connectivity index is 2.66. The van der Waals surface area contributed by atoms with Gasteiger partial charge in [-0.3, -0.25) is 4.79 Å². The average molecular weight is 295 g/mol. The van der Waals surface area contributed by atoms with E-state index in [2.05, 4.69) is 10.3 Å². The number of carbonyl (C=O) groups is 1. The monoisotopic (exact) mass is 294 g/mol. The Hall–Kier alpha value is -1.30. The van der Waals surface area contributed by atoms with Crippen molar-refractivity contribution in [3.05, 3.63) is 28.5 Å². The summed E-state index contributed by atoms with van der Waals surface area (Å²) in [6.07, 6.45) is -3.85. The van der Waals surface area contributed by atoms with Gasteiger partial charge >= 0.3 is 6.18 Å². The van der Waals surface area contributed by atoms with Crippen molar-refractivity contribution in [1.82, 2.24) is 10.3 Å². The molecule has 0 aliphatic heterocycles. The highest BCUT2D eigenvalue weighted by atomic mass is 35.5. The van der Waals surface area contributed by atoms with Gasteiger partial charge in [-0.1, -0.05) is 24.9 Å². The van der Waals surface area contributed by atoms with Gasteiger partial charge in [0.05, 0.1) is 6.42 Å². The summed E-state index contributed by atoms with van der Waals surface area (Å²) >= 11 is 5.77. The number of alkyl halides is 3. The summed E-state index contributed by atoms with van der Waals surface area (Å²) < 4.78 is 35.9. The molecular weight excluding hydrogens is 281 g/mol. The molecule has 0 saturated carbocycles. The quantitative estimate of drug-likeness (QED) is 0.846. The lowest BCUT2D eigenvalue weighted by Gasteiger charge is -2.09. The van der Waals surface area contributed by atoms with E-state index in [0.717, 1.165) is 6.42 Å². The highest BCUT2D eigenvalue weighted by Crippen LogP contribution is 2.18. The van der Waals surface area contributed by atoms with Gasteiger partial charge in [0.1, 0.15) is 5.15 Å². The van der Waals surface area contributed by atoms with Crippen LogP contribution in [0.25, 0.3) is 0 Å². The predicted molar refractivity (Wildman–Crippen MR) is 66.2 cm³/mol. The van der Waals surface area contributed by atoms with Crippen molar-refractivity contribution >= 4 is 17.5 Å². The number of amides is 1. The minimum absolute atomic E-state index is 0.159. The van der Waals surface area contributed by atoms with E-state index < -0.39 is 25.0 Å². The molecule has 0 bridgehead atoms. The molecule has 0 saturated heterocycles.